The van der Waals surface area contributed by atoms with Gasteiger partial charge in [0.05, 0.1) is 0 Å². The monoisotopic (exact) mass is 217 g/mol. The molecule has 0 fully saturated rings. The summed E-state index contributed by atoms with van der Waals surface area (Å²) >= 11 is 0. The fourth-order valence-electron chi connectivity index (χ4n) is 1.26. The summed E-state index contributed by atoms with van der Waals surface area (Å²) in [5.74, 6) is 0.973. The van der Waals surface area contributed by atoms with Crippen molar-refractivity contribution in [3.63, 3.8) is 0 Å². The number of alkyl halides is 3. The highest BCUT2D eigenvalue weighted by molar-refractivity contribution is 5.30. The number of halogens is 3. The van der Waals surface area contributed by atoms with E-state index in [1.807, 2.05) is 13.8 Å². The average molecular weight is 217 g/mol. The molecule has 0 aliphatic rings. The molecule has 0 heterocycles. The molecule has 0 saturated heterocycles. The van der Waals surface area contributed by atoms with E-state index in [0.29, 0.717) is 6.42 Å². The van der Waals surface area contributed by atoms with Crippen LogP contribution in [0.3, 0.4) is 0 Å². The summed E-state index contributed by atoms with van der Waals surface area (Å²) in [5.41, 5.74) is 0.816. The van der Waals surface area contributed by atoms with Crippen molar-refractivity contribution in [3.8, 4) is 5.75 Å². The number of ether oxygens (including phenoxy) is 1. The van der Waals surface area contributed by atoms with Crippen molar-refractivity contribution < 1.29 is 17.9 Å². The topological polar surface area (TPSA) is 9.23 Å². The Balaban J connectivity index is 2.74. The maximum atomic E-state index is 11.9. The molecular weight excluding hydrogens is 205 g/mol. The second kappa shape index (κ2) is 4.55. The highest BCUT2D eigenvalue weighted by atomic mass is 19.4. The zero-order valence-corrected chi connectivity index (χ0v) is 8.56. The van der Waals surface area contributed by atoms with Crippen LogP contribution in [0.25, 0.3) is 0 Å². The molecule has 1 radical (unpaired) electrons. The van der Waals surface area contributed by atoms with E-state index in [0.717, 1.165) is 11.5 Å². The Kier molecular flexibility index (Phi) is 3.61. The van der Waals surface area contributed by atoms with Crippen molar-refractivity contribution in [2.24, 2.45) is 0 Å². The van der Waals surface area contributed by atoms with Crippen LogP contribution in [0.15, 0.2) is 24.3 Å². The van der Waals surface area contributed by atoms with E-state index >= 15 is 0 Å². The van der Waals surface area contributed by atoms with Gasteiger partial charge in [-0.2, -0.15) is 0 Å². The first-order chi connectivity index (χ1) is 6.87. The molecule has 1 aromatic carbocycles. The lowest BCUT2D eigenvalue weighted by Gasteiger charge is -2.10. The fraction of sp³-hybridized carbons (Fsp3) is 0.364. The van der Waals surface area contributed by atoms with Crippen LogP contribution in [-0.2, 0) is 6.42 Å². The van der Waals surface area contributed by atoms with Gasteiger partial charge in [0.25, 0.3) is 0 Å². The summed E-state index contributed by atoms with van der Waals surface area (Å²) in [6.45, 7) is 3.86. The van der Waals surface area contributed by atoms with E-state index in [1.165, 1.54) is 12.1 Å². The summed E-state index contributed by atoms with van der Waals surface area (Å²) in [4.78, 5) is 0. The standard InChI is InChI=1S/C11H12F3O/c1-8(2)6-9-4-3-5-10(7-9)15-11(12,13)14/h3-5,7H,6H2,1-2H3. The Labute approximate surface area is 86.9 Å². The molecule has 0 bridgehead atoms. The molecule has 0 aromatic heterocycles. The summed E-state index contributed by atoms with van der Waals surface area (Å²) in [6, 6.07) is 6.03. The van der Waals surface area contributed by atoms with Crippen LogP contribution < -0.4 is 4.74 Å². The third-order valence-corrected chi connectivity index (χ3v) is 1.69. The van der Waals surface area contributed by atoms with E-state index in [9.17, 15) is 13.2 Å². The number of hydrogen-bond donors (Lipinski definition) is 0. The van der Waals surface area contributed by atoms with Gasteiger partial charge in [0.15, 0.2) is 0 Å². The second-order valence-electron chi connectivity index (χ2n) is 3.58. The molecule has 15 heavy (non-hydrogen) atoms. The van der Waals surface area contributed by atoms with Crippen molar-refractivity contribution >= 4 is 0 Å². The minimum Gasteiger partial charge on any atom is -0.406 e. The maximum absolute atomic E-state index is 11.9. The zero-order chi connectivity index (χ0) is 11.5. The SMILES string of the molecule is C[C](C)Cc1cccc(OC(F)(F)F)c1. The molecule has 83 valence electrons. The average Bonchev–Trinajstić information content (AvgIpc) is 1.99. The van der Waals surface area contributed by atoms with Crippen LogP contribution in [0, 0.1) is 5.92 Å². The van der Waals surface area contributed by atoms with Crippen molar-refractivity contribution in [2.75, 3.05) is 0 Å². The highest BCUT2D eigenvalue weighted by Gasteiger charge is 2.31. The van der Waals surface area contributed by atoms with E-state index in [1.54, 1.807) is 12.1 Å². The van der Waals surface area contributed by atoms with E-state index in [2.05, 4.69) is 4.74 Å². The van der Waals surface area contributed by atoms with Crippen LogP contribution in [0.1, 0.15) is 19.4 Å². The first-order valence-electron chi connectivity index (χ1n) is 4.50. The van der Waals surface area contributed by atoms with Crippen molar-refractivity contribution in [3.05, 3.63) is 35.7 Å². The molecular formula is C11H12F3O. The molecule has 0 spiro atoms. The van der Waals surface area contributed by atoms with Gasteiger partial charge in [-0.3, -0.25) is 0 Å². The molecule has 0 aliphatic carbocycles. The van der Waals surface area contributed by atoms with Gasteiger partial charge in [0, 0.05) is 0 Å². The Hall–Kier alpha value is -1.19. The van der Waals surface area contributed by atoms with E-state index in [-0.39, 0.29) is 5.75 Å². The lowest BCUT2D eigenvalue weighted by molar-refractivity contribution is -0.274. The Bertz CT molecular complexity index is 318. The molecule has 0 N–H and O–H groups in total. The van der Waals surface area contributed by atoms with Gasteiger partial charge in [-0.15, -0.1) is 13.2 Å². The fourth-order valence-corrected chi connectivity index (χ4v) is 1.26. The molecule has 0 atom stereocenters. The second-order valence-corrected chi connectivity index (χ2v) is 3.58. The smallest absolute Gasteiger partial charge is 0.406 e. The van der Waals surface area contributed by atoms with Gasteiger partial charge in [-0.25, -0.2) is 0 Å². The van der Waals surface area contributed by atoms with Crippen molar-refractivity contribution in [1.82, 2.24) is 0 Å². The predicted octanol–water partition coefficient (Wildman–Crippen LogP) is 3.74. The van der Waals surface area contributed by atoms with Crippen LogP contribution in [0.5, 0.6) is 5.75 Å². The zero-order valence-electron chi connectivity index (χ0n) is 8.56. The molecule has 1 rings (SSSR count). The first kappa shape index (κ1) is 11.9. The van der Waals surface area contributed by atoms with Gasteiger partial charge < -0.3 is 4.74 Å². The molecule has 0 unspecified atom stereocenters. The van der Waals surface area contributed by atoms with Crippen LogP contribution in [0.4, 0.5) is 13.2 Å². The number of hydrogen-bond acceptors (Lipinski definition) is 1. The molecule has 0 saturated carbocycles. The number of benzene rings is 1. The summed E-state index contributed by atoms with van der Waals surface area (Å²) in [7, 11) is 0. The van der Waals surface area contributed by atoms with Gasteiger partial charge in [0.2, 0.25) is 0 Å². The molecule has 1 nitrogen and oxygen atoms in total. The third kappa shape index (κ3) is 4.72. The molecule has 1 aromatic rings. The minimum atomic E-state index is -4.62. The minimum absolute atomic E-state index is 0.166. The van der Waals surface area contributed by atoms with Gasteiger partial charge >= 0.3 is 6.36 Å². The highest BCUT2D eigenvalue weighted by Crippen LogP contribution is 2.24. The largest absolute Gasteiger partial charge is 0.573 e. The lowest BCUT2D eigenvalue weighted by Crippen LogP contribution is -2.17. The lowest BCUT2D eigenvalue weighted by atomic mass is 10.0. The van der Waals surface area contributed by atoms with Crippen molar-refractivity contribution in [2.45, 2.75) is 26.6 Å². The van der Waals surface area contributed by atoms with E-state index < -0.39 is 6.36 Å². The summed E-state index contributed by atoms with van der Waals surface area (Å²) in [5, 5.41) is 0. The molecule has 4 heteroatoms. The Morgan fingerprint density at radius 1 is 1.27 bits per heavy atom. The van der Waals surface area contributed by atoms with Crippen molar-refractivity contribution in [1.29, 1.82) is 0 Å². The van der Waals surface area contributed by atoms with Gasteiger partial charge in [-0.05, 0) is 30.0 Å². The Morgan fingerprint density at radius 2 is 1.93 bits per heavy atom. The van der Waals surface area contributed by atoms with Gasteiger partial charge in [0.1, 0.15) is 5.75 Å². The maximum Gasteiger partial charge on any atom is 0.573 e. The summed E-state index contributed by atoms with van der Waals surface area (Å²) < 4.78 is 39.5. The van der Waals surface area contributed by atoms with Crippen LogP contribution >= 0.6 is 0 Å². The van der Waals surface area contributed by atoms with E-state index in [4.69, 9.17) is 0 Å². The predicted molar refractivity (Wildman–Crippen MR) is 51.4 cm³/mol. The number of rotatable bonds is 3. The van der Waals surface area contributed by atoms with Crippen LogP contribution in [-0.4, -0.2) is 6.36 Å². The normalized spacial score (nSPS) is 11.9. The molecule has 0 amide bonds. The third-order valence-electron chi connectivity index (χ3n) is 1.69. The Morgan fingerprint density at radius 3 is 2.47 bits per heavy atom. The van der Waals surface area contributed by atoms with Gasteiger partial charge in [-0.1, -0.05) is 26.0 Å². The quantitative estimate of drug-likeness (QED) is 0.749. The molecule has 0 aliphatic heterocycles. The van der Waals surface area contributed by atoms with Crippen LogP contribution in [0.2, 0.25) is 0 Å². The first-order valence-corrected chi connectivity index (χ1v) is 4.50. The summed E-state index contributed by atoms with van der Waals surface area (Å²) in [6.07, 6.45) is -3.96.